The van der Waals surface area contributed by atoms with Gasteiger partial charge in [-0.25, -0.2) is 9.78 Å². The Labute approximate surface area is 327 Å². The lowest BCUT2D eigenvalue weighted by Crippen LogP contribution is -2.44. The molecule has 1 aliphatic carbocycles. The molecular weight excluding hydrogens is 770 g/mol. The standard InChI is InChI=1S/C40H40F6N8O4/c1-51-35-26(4-2-6-31(35)54(38(51)58)32-12-13-34(55)49-37(32)57)23-14-16-52(17-15-23)20-22-8-10-25(11-9-22)53-21-24-18-30(27(39(41,42)43)19-29(24)50-53)48-36(56)28-5-3-7-33(47-28)40(44,45)46/h2-7,18-19,21-23,25,32H,8-17,20H2,1H3,(H,48,56)(H,49,55,57)/t22-,25-,32?. The Bertz CT molecular complexity index is 2470. The SMILES string of the molecule is Cn1c(=O)n(C2CCC(=O)NC2=O)c2cccc(C3CCN(C[C@H]4CC[C@H](n5cc6cc(NC(=O)c7cccc(C(F)(F)F)n7)c(C(F)(F)F)cc6n5)CC4)CC3)c21. The molecule has 1 unspecified atom stereocenters. The molecule has 2 saturated heterocycles. The number of carbonyl (C=O) groups excluding carboxylic acids is 3. The van der Waals surface area contributed by atoms with Crippen molar-refractivity contribution >= 4 is 45.3 Å². The number of benzene rings is 2. The molecule has 0 spiro atoms. The van der Waals surface area contributed by atoms with E-state index in [0.29, 0.717) is 22.9 Å². The van der Waals surface area contributed by atoms with Gasteiger partial charge < -0.3 is 10.2 Å². The van der Waals surface area contributed by atoms with Gasteiger partial charge in [0.1, 0.15) is 17.4 Å². The van der Waals surface area contributed by atoms with Gasteiger partial charge in [-0.3, -0.25) is 33.5 Å². The number of nitrogens with zero attached hydrogens (tertiary/aromatic N) is 6. The van der Waals surface area contributed by atoms with Gasteiger partial charge in [0.25, 0.3) is 5.91 Å². The van der Waals surface area contributed by atoms with Gasteiger partial charge >= 0.3 is 18.0 Å². The Morgan fingerprint density at radius 1 is 0.897 bits per heavy atom. The van der Waals surface area contributed by atoms with Gasteiger partial charge in [-0.05, 0) is 106 Å². The van der Waals surface area contributed by atoms with Crippen LogP contribution in [0.15, 0.2) is 59.5 Å². The molecule has 2 aromatic carbocycles. The number of para-hydroxylation sites is 1. The van der Waals surface area contributed by atoms with Gasteiger partial charge in [0.05, 0.1) is 33.8 Å². The van der Waals surface area contributed by atoms with Crippen molar-refractivity contribution in [2.45, 2.75) is 81.7 Å². The summed E-state index contributed by atoms with van der Waals surface area (Å²) in [6.07, 6.45) is -2.52. The fourth-order valence-electron chi connectivity index (χ4n) is 8.93. The van der Waals surface area contributed by atoms with Crippen molar-refractivity contribution in [2.24, 2.45) is 13.0 Å². The van der Waals surface area contributed by atoms with Crippen LogP contribution in [-0.2, 0) is 29.0 Å². The largest absolute Gasteiger partial charge is 0.433 e. The summed E-state index contributed by atoms with van der Waals surface area (Å²) in [6, 6.07) is 9.62. The second kappa shape index (κ2) is 15.0. The van der Waals surface area contributed by atoms with E-state index in [9.17, 15) is 45.5 Å². The Hall–Kier alpha value is -5.52. The average Bonchev–Trinajstić information content (AvgIpc) is 3.72. The number of nitrogens with one attached hydrogen (secondary N) is 2. The van der Waals surface area contributed by atoms with Gasteiger partial charge in [0, 0.05) is 31.6 Å². The van der Waals surface area contributed by atoms with Crippen molar-refractivity contribution in [3.8, 4) is 0 Å². The summed E-state index contributed by atoms with van der Waals surface area (Å²) in [5.41, 5.74) is -1.45. The predicted octanol–water partition coefficient (Wildman–Crippen LogP) is 6.96. The third-order valence-electron chi connectivity index (χ3n) is 11.9. The number of aromatic nitrogens is 5. The number of amides is 3. The number of carbonyl (C=O) groups is 3. The molecule has 306 valence electrons. The third-order valence-corrected chi connectivity index (χ3v) is 11.9. The molecule has 1 saturated carbocycles. The number of aryl methyl sites for hydroxylation is 1. The predicted molar refractivity (Wildman–Crippen MR) is 200 cm³/mol. The second-order valence-corrected chi connectivity index (χ2v) is 15.6. The van der Waals surface area contributed by atoms with Crippen LogP contribution in [0.25, 0.3) is 21.9 Å². The topological polar surface area (TPSA) is 136 Å². The Kier molecular flexibility index (Phi) is 10.2. The number of rotatable bonds is 7. The minimum absolute atomic E-state index is 0.0457. The summed E-state index contributed by atoms with van der Waals surface area (Å²) >= 11 is 0. The number of halogens is 6. The molecule has 8 rings (SSSR count). The molecule has 1 atom stereocenters. The van der Waals surface area contributed by atoms with E-state index in [2.05, 4.69) is 31.7 Å². The minimum atomic E-state index is -4.89. The number of imide groups is 1. The van der Waals surface area contributed by atoms with Crippen molar-refractivity contribution in [3.05, 3.63) is 87.7 Å². The van der Waals surface area contributed by atoms with Gasteiger partial charge in [-0.1, -0.05) is 18.2 Å². The number of likely N-dealkylation sites (tertiary alicyclic amines) is 1. The summed E-state index contributed by atoms with van der Waals surface area (Å²) in [6.45, 7) is 2.66. The molecule has 5 aromatic rings. The van der Waals surface area contributed by atoms with Crippen LogP contribution in [0.5, 0.6) is 0 Å². The lowest BCUT2D eigenvalue weighted by molar-refractivity contribution is -0.141. The molecular formula is C40H40F6N8O4. The monoisotopic (exact) mass is 810 g/mol. The summed E-state index contributed by atoms with van der Waals surface area (Å²) in [5, 5.41) is 9.28. The Morgan fingerprint density at radius 3 is 2.31 bits per heavy atom. The van der Waals surface area contributed by atoms with Crippen LogP contribution in [0.4, 0.5) is 32.0 Å². The number of pyridine rings is 1. The highest BCUT2D eigenvalue weighted by molar-refractivity contribution is 6.04. The summed E-state index contributed by atoms with van der Waals surface area (Å²) in [5.74, 6) is -1.37. The normalized spacial score (nSPS) is 21.5. The number of hydrogen-bond acceptors (Lipinski definition) is 7. The van der Waals surface area contributed by atoms with E-state index in [0.717, 1.165) is 93.5 Å². The second-order valence-electron chi connectivity index (χ2n) is 15.6. The van der Waals surface area contributed by atoms with E-state index in [1.165, 1.54) is 4.57 Å². The van der Waals surface area contributed by atoms with Crippen molar-refractivity contribution in [1.82, 2.24) is 34.1 Å². The molecule has 3 amide bonds. The van der Waals surface area contributed by atoms with Crippen molar-refractivity contribution in [2.75, 3.05) is 25.0 Å². The first-order valence-electron chi connectivity index (χ1n) is 19.3. The first-order valence-corrected chi connectivity index (χ1v) is 19.3. The average molecular weight is 811 g/mol. The van der Waals surface area contributed by atoms with E-state index < -0.39 is 52.8 Å². The Morgan fingerprint density at radius 2 is 1.62 bits per heavy atom. The molecule has 2 aliphatic heterocycles. The number of anilines is 1. The molecule has 2 N–H and O–H groups in total. The number of imidazole rings is 1. The van der Waals surface area contributed by atoms with Crippen LogP contribution in [-0.4, -0.2) is 66.2 Å². The van der Waals surface area contributed by atoms with Gasteiger partial charge in [-0.15, -0.1) is 0 Å². The molecule has 3 aliphatic rings. The van der Waals surface area contributed by atoms with E-state index in [-0.39, 0.29) is 41.9 Å². The summed E-state index contributed by atoms with van der Waals surface area (Å²) in [7, 11) is 1.72. The van der Waals surface area contributed by atoms with Crippen molar-refractivity contribution in [1.29, 1.82) is 0 Å². The maximum Gasteiger partial charge on any atom is 0.433 e. The van der Waals surface area contributed by atoms with E-state index in [4.69, 9.17) is 0 Å². The number of alkyl halides is 6. The molecule has 0 bridgehead atoms. The highest BCUT2D eigenvalue weighted by Gasteiger charge is 2.37. The minimum Gasteiger partial charge on any atom is -0.320 e. The Balaban J connectivity index is 0.897. The lowest BCUT2D eigenvalue weighted by Gasteiger charge is -2.37. The molecule has 5 heterocycles. The van der Waals surface area contributed by atoms with E-state index >= 15 is 0 Å². The first-order chi connectivity index (χ1) is 27.5. The maximum atomic E-state index is 14.1. The zero-order valence-corrected chi connectivity index (χ0v) is 31.4. The highest BCUT2D eigenvalue weighted by Crippen LogP contribution is 2.40. The molecule has 58 heavy (non-hydrogen) atoms. The van der Waals surface area contributed by atoms with Crippen LogP contribution in [0.2, 0.25) is 0 Å². The summed E-state index contributed by atoms with van der Waals surface area (Å²) in [4.78, 5) is 56.4. The summed E-state index contributed by atoms with van der Waals surface area (Å²) < 4.78 is 86.7. The van der Waals surface area contributed by atoms with Gasteiger partial charge in [-0.2, -0.15) is 31.4 Å². The smallest absolute Gasteiger partial charge is 0.320 e. The van der Waals surface area contributed by atoms with Crippen LogP contribution in [0.1, 0.15) is 96.7 Å². The molecule has 3 fully saturated rings. The number of fused-ring (bicyclic) bond motifs is 2. The molecule has 3 aromatic heterocycles. The fraction of sp³-hybridized carbons (Fsp3) is 0.450. The first kappa shape index (κ1) is 39.3. The van der Waals surface area contributed by atoms with Gasteiger partial charge in [0.2, 0.25) is 11.8 Å². The quantitative estimate of drug-likeness (QED) is 0.134. The third kappa shape index (κ3) is 7.60. The zero-order valence-electron chi connectivity index (χ0n) is 31.4. The molecule has 12 nitrogen and oxygen atoms in total. The molecule has 18 heteroatoms. The van der Waals surface area contributed by atoms with E-state index in [1.807, 2.05) is 12.1 Å². The number of piperidine rings is 2. The highest BCUT2D eigenvalue weighted by atomic mass is 19.4. The molecule has 0 radical (unpaired) electrons. The van der Waals surface area contributed by atoms with Crippen LogP contribution >= 0.6 is 0 Å². The van der Waals surface area contributed by atoms with E-state index in [1.54, 1.807) is 22.5 Å². The van der Waals surface area contributed by atoms with Crippen LogP contribution in [0.3, 0.4) is 0 Å². The zero-order chi connectivity index (χ0) is 41.1. The van der Waals surface area contributed by atoms with Crippen molar-refractivity contribution < 1.29 is 40.7 Å². The van der Waals surface area contributed by atoms with Crippen LogP contribution < -0.4 is 16.3 Å². The van der Waals surface area contributed by atoms with Crippen molar-refractivity contribution in [3.63, 3.8) is 0 Å². The van der Waals surface area contributed by atoms with Gasteiger partial charge in [0.15, 0.2) is 0 Å². The fourth-order valence-corrected chi connectivity index (χ4v) is 8.93. The van der Waals surface area contributed by atoms with Crippen LogP contribution in [0, 0.1) is 5.92 Å². The lowest BCUT2D eigenvalue weighted by atomic mass is 9.84. The maximum absolute atomic E-state index is 14.1. The number of hydrogen-bond donors (Lipinski definition) is 2.